The Balaban J connectivity index is 1.77. The smallest absolute Gasteiger partial charge is 0.342 e. The number of rotatable bonds is 9. The Hall–Kier alpha value is -4.52. The molecule has 0 amide bonds. The summed E-state index contributed by atoms with van der Waals surface area (Å²) in [5.41, 5.74) is 5.57. The van der Waals surface area contributed by atoms with Gasteiger partial charge in [0.05, 0.1) is 5.56 Å². The highest BCUT2D eigenvalue weighted by atomic mass is 16.6. The molecule has 40 heavy (non-hydrogen) atoms. The zero-order valence-corrected chi connectivity index (χ0v) is 24.1. The van der Waals surface area contributed by atoms with E-state index in [1.807, 2.05) is 28.2 Å². The van der Waals surface area contributed by atoms with E-state index in [1.54, 1.807) is 18.3 Å². The van der Waals surface area contributed by atoms with Gasteiger partial charge >= 0.3 is 5.97 Å². The highest BCUT2D eigenvalue weighted by Gasteiger charge is 2.54. The lowest BCUT2D eigenvalue weighted by Gasteiger charge is -2.41. The average Bonchev–Trinajstić information content (AvgIpc) is 3.27. The number of hydrogen-bond acceptors (Lipinski definition) is 7. The highest BCUT2D eigenvalue weighted by molar-refractivity contribution is 5.96. The first-order valence-corrected chi connectivity index (χ1v) is 13.7. The Morgan fingerprint density at radius 3 is 1.62 bits per heavy atom. The summed E-state index contributed by atoms with van der Waals surface area (Å²) in [5.74, 6) is -0.393. The second kappa shape index (κ2) is 10.9. The largest absolute Gasteiger partial charge is 0.424 e. The molecule has 1 atom stereocenters. The molecule has 0 N–H and O–H groups in total. The van der Waals surface area contributed by atoms with Crippen molar-refractivity contribution in [1.29, 1.82) is 0 Å². The number of hydrogen-bond donors (Lipinski definition) is 0. The number of carbonyl (C=O) groups is 1. The Bertz CT molecular complexity index is 1410. The van der Waals surface area contributed by atoms with Crippen LogP contribution >= 0.6 is 0 Å². The van der Waals surface area contributed by atoms with E-state index in [0.717, 1.165) is 47.1 Å². The molecule has 1 aromatic heterocycles. The number of aromatic nitrogens is 1. The normalized spacial score (nSPS) is 15.8. The van der Waals surface area contributed by atoms with E-state index in [2.05, 4.69) is 106 Å². The van der Waals surface area contributed by atoms with Gasteiger partial charge in [-0.1, -0.05) is 12.1 Å². The van der Waals surface area contributed by atoms with Crippen molar-refractivity contribution < 1.29 is 9.53 Å². The van der Waals surface area contributed by atoms with Crippen molar-refractivity contribution in [2.75, 3.05) is 60.9 Å². The van der Waals surface area contributed by atoms with Crippen molar-refractivity contribution in [3.05, 3.63) is 108 Å². The van der Waals surface area contributed by atoms with Gasteiger partial charge in [-0.05, 0) is 86.6 Å². The van der Waals surface area contributed by atoms with Crippen LogP contribution in [-0.2, 0) is 10.5 Å². The number of anilines is 5. The summed E-state index contributed by atoms with van der Waals surface area (Å²) < 4.78 is 6.47. The molecule has 1 unspecified atom stereocenters. The number of fused-ring (bicyclic) bond motifs is 1. The van der Waals surface area contributed by atoms with Gasteiger partial charge in [0.25, 0.3) is 5.72 Å². The van der Waals surface area contributed by atoms with Crippen molar-refractivity contribution in [1.82, 2.24) is 4.98 Å². The SMILES string of the molecule is CCN(CC)c1ccc(C2(N(c3ccc(N(C)C)cc3)c3ccc(N(C)C)cc3)OC(=O)c3cccnc32)cc1. The molecule has 0 radical (unpaired) electrons. The quantitative estimate of drug-likeness (QED) is 0.234. The third-order valence-corrected chi connectivity index (χ3v) is 7.54. The van der Waals surface area contributed by atoms with E-state index in [4.69, 9.17) is 9.72 Å². The Morgan fingerprint density at radius 1 is 0.675 bits per heavy atom. The third-order valence-electron chi connectivity index (χ3n) is 7.54. The fourth-order valence-electron chi connectivity index (χ4n) is 5.35. The molecule has 0 spiro atoms. The number of cyclic esters (lactones) is 1. The van der Waals surface area contributed by atoms with Crippen LogP contribution < -0.4 is 19.6 Å². The summed E-state index contributed by atoms with van der Waals surface area (Å²) in [7, 11) is 8.07. The monoisotopic (exact) mass is 535 g/mol. The molecular formula is C33H37N5O2. The third kappa shape index (κ3) is 4.62. The van der Waals surface area contributed by atoms with Crippen LogP contribution in [0, 0.1) is 0 Å². The summed E-state index contributed by atoms with van der Waals surface area (Å²) in [5, 5.41) is 0. The van der Waals surface area contributed by atoms with Crippen LogP contribution in [0.5, 0.6) is 0 Å². The number of ether oxygens (including phenoxy) is 1. The molecular weight excluding hydrogens is 498 g/mol. The molecule has 5 rings (SSSR count). The van der Waals surface area contributed by atoms with Crippen molar-refractivity contribution in [3.63, 3.8) is 0 Å². The van der Waals surface area contributed by atoms with Gasteiger partial charge < -0.3 is 19.4 Å². The Morgan fingerprint density at radius 2 is 1.15 bits per heavy atom. The zero-order chi connectivity index (χ0) is 28.4. The molecule has 7 nitrogen and oxygen atoms in total. The molecule has 206 valence electrons. The molecule has 3 aromatic carbocycles. The van der Waals surface area contributed by atoms with E-state index in [1.165, 1.54) is 0 Å². The maximum Gasteiger partial charge on any atom is 0.342 e. The molecule has 0 saturated carbocycles. The van der Waals surface area contributed by atoms with Gasteiger partial charge in [0.2, 0.25) is 0 Å². The van der Waals surface area contributed by atoms with Crippen LogP contribution in [0.1, 0.15) is 35.5 Å². The predicted octanol–water partition coefficient (Wildman–Crippen LogP) is 6.27. The first-order valence-electron chi connectivity index (χ1n) is 13.7. The minimum atomic E-state index is -1.31. The fraction of sp³-hybridized carbons (Fsp3) is 0.273. The molecule has 0 fully saturated rings. The standard InChI is InChI=1S/C33H37N5O2/c1-7-37(8-2)27-13-11-24(12-14-27)33(31-30(32(39)40-33)10-9-23-34-31)38(28-19-15-25(16-20-28)35(3)4)29-21-17-26(18-22-29)36(5)6/h9-23H,7-8H2,1-6H3. The van der Waals surface area contributed by atoms with Crippen molar-refractivity contribution >= 4 is 34.4 Å². The van der Waals surface area contributed by atoms with E-state index in [0.29, 0.717) is 11.3 Å². The van der Waals surface area contributed by atoms with Crippen molar-refractivity contribution in [2.45, 2.75) is 19.6 Å². The molecule has 1 aliphatic heterocycles. The fourth-order valence-corrected chi connectivity index (χ4v) is 5.35. The van der Waals surface area contributed by atoms with Gasteiger partial charge in [-0.2, -0.15) is 0 Å². The van der Waals surface area contributed by atoms with Gasteiger partial charge in [-0.3, -0.25) is 9.88 Å². The lowest BCUT2D eigenvalue weighted by atomic mass is 9.93. The molecule has 0 aliphatic carbocycles. The van der Waals surface area contributed by atoms with Gasteiger partial charge in [-0.15, -0.1) is 0 Å². The number of carbonyl (C=O) groups excluding carboxylic acids is 1. The number of benzene rings is 3. The van der Waals surface area contributed by atoms with E-state index in [-0.39, 0.29) is 0 Å². The topological polar surface area (TPSA) is 52.2 Å². The summed E-state index contributed by atoms with van der Waals surface area (Å²) in [6.07, 6.45) is 1.72. The average molecular weight is 536 g/mol. The van der Waals surface area contributed by atoms with Crippen LogP contribution in [0.25, 0.3) is 0 Å². The van der Waals surface area contributed by atoms with Gasteiger partial charge in [0.1, 0.15) is 5.69 Å². The van der Waals surface area contributed by atoms with Crippen molar-refractivity contribution in [3.8, 4) is 0 Å². The maximum absolute atomic E-state index is 13.5. The van der Waals surface area contributed by atoms with Crippen LogP contribution in [0.15, 0.2) is 91.1 Å². The number of esters is 1. The maximum atomic E-state index is 13.5. The summed E-state index contributed by atoms with van der Waals surface area (Å²) in [6.45, 7) is 6.11. The van der Waals surface area contributed by atoms with Gasteiger partial charge in [0, 0.05) is 81.5 Å². The second-order valence-corrected chi connectivity index (χ2v) is 10.3. The van der Waals surface area contributed by atoms with Crippen LogP contribution in [-0.4, -0.2) is 52.2 Å². The lowest BCUT2D eigenvalue weighted by Crippen LogP contribution is -2.45. The van der Waals surface area contributed by atoms with Crippen LogP contribution in [0.3, 0.4) is 0 Å². The van der Waals surface area contributed by atoms with Crippen molar-refractivity contribution in [2.24, 2.45) is 0 Å². The van der Waals surface area contributed by atoms with Gasteiger partial charge in [0.15, 0.2) is 0 Å². The molecule has 7 heteroatoms. The van der Waals surface area contributed by atoms with Crippen LogP contribution in [0.2, 0.25) is 0 Å². The first kappa shape index (κ1) is 27.1. The lowest BCUT2D eigenvalue weighted by molar-refractivity contribution is 0.0122. The summed E-state index contributed by atoms with van der Waals surface area (Å²) >= 11 is 0. The number of nitrogens with zero attached hydrogens (tertiary/aromatic N) is 5. The van der Waals surface area contributed by atoms with Crippen LogP contribution in [0.4, 0.5) is 28.4 Å². The van der Waals surface area contributed by atoms with Gasteiger partial charge in [-0.25, -0.2) is 4.79 Å². The summed E-state index contributed by atoms with van der Waals surface area (Å²) in [6, 6.07) is 28.4. The van der Waals surface area contributed by atoms with E-state index in [9.17, 15) is 4.79 Å². The molecule has 4 aromatic rings. The first-order chi connectivity index (χ1) is 19.3. The zero-order valence-electron chi connectivity index (χ0n) is 24.1. The minimum Gasteiger partial charge on any atom is -0.424 e. The highest BCUT2D eigenvalue weighted by Crippen LogP contribution is 2.49. The molecule has 1 aliphatic rings. The summed E-state index contributed by atoms with van der Waals surface area (Å²) in [4.78, 5) is 26.8. The molecule has 0 saturated heterocycles. The van der Waals surface area contributed by atoms with E-state index < -0.39 is 11.7 Å². The van der Waals surface area contributed by atoms with E-state index >= 15 is 0 Å². The molecule has 0 bridgehead atoms. The predicted molar refractivity (Wildman–Crippen MR) is 164 cm³/mol. The minimum absolute atomic E-state index is 0.393. The Kier molecular flexibility index (Phi) is 7.39. The second-order valence-electron chi connectivity index (χ2n) is 10.3. The Labute approximate surface area is 237 Å². The molecule has 2 heterocycles. The number of pyridine rings is 1.